The van der Waals surface area contributed by atoms with Crippen molar-refractivity contribution in [1.82, 2.24) is 14.8 Å². The van der Waals surface area contributed by atoms with Gasteiger partial charge in [-0.15, -0.1) is 0 Å². The van der Waals surface area contributed by atoms with E-state index in [1.54, 1.807) is 6.07 Å². The van der Waals surface area contributed by atoms with Crippen molar-refractivity contribution in [3.8, 4) is 0 Å². The van der Waals surface area contributed by atoms with Gasteiger partial charge in [0, 0.05) is 44.5 Å². The summed E-state index contributed by atoms with van der Waals surface area (Å²) in [4.78, 5) is 19.2. The summed E-state index contributed by atoms with van der Waals surface area (Å²) in [5, 5.41) is 3.46. The van der Waals surface area contributed by atoms with Crippen LogP contribution in [-0.4, -0.2) is 41.6 Å². The molecular weight excluding hydrogens is 312 g/mol. The van der Waals surface area contributed by atoms with Gasteiger partial charge in [-0.3, -0.25) is 9.79 Å². The van der Waals surface area contributed by atoms with Crippen molar-refractivity contribution in [3.05, 3.63) is 34.2 Å². The molecule has 5 nitrogen and oxygen atoms in total. The number of hydrogen-bond donors (Lipinski definition) is 1. The summed E-state index contributed by atoms with van der Waals surface area (Å²) < 4.78 is 1.86. The molecule has 3 rings (SSSR count). The number of aliphatic imine (C=N–C) groups is 1. The Bertz CT molecular complexity index is 660. The summed E-state index contributed by atoms with van der Waals surface area (Å²) in [7, 11) is 0. The van der Waals surface area contributed by atoms with Crippen molar-refractivity contribution in [2.45, 2.75) is 58.9 Å². The lowest BCUT2D eigenvalue weighted by atomic mass is 9.68. The normalized spacial score (nSPS) is 19.3. The van der Waals surface area contributed by atoms with Crippen molar-refractivity contribution in [2.24, 2.45) is 10.4 Å². The van der Waals surface area contributed by atoms with Gasteiger partial charge in [-0.2, -0.15) is 0 Å². The summed E-state index contributed by atoms with van der Waals surface area (Å²) in [6.45, 7) is 8.97. The van der Waals surface area contributed by atoms with Crippen molar-refractivity contribution < 1.29 is 0 Å². The maximum absolute atomic E-state index is 11.9. The Labute approximate surface area is 151 Å². The van der Waals surface area contributed by atoms with Gasteiger partial charge in [0.2, 0.25) is 0 Å². The molecule has 0 bridgehead atoms. The minimum Gasteiger partial charge on any atom is -0.357 e. The van der Waals surface area contributed by atoms with Crippen LogP contribution in [-0.2, 0) is 6.54 Å². The van der Waals surface area contributed by atoms with Crippen LogP contribution in [0, 0.1) is 12.3 Å². The maximum Gasteiger partial charge on any atom is 0.250 e. The van der Waals surface area contributed by atoms with Crippen molar-refractivity contribution in [1.29, 1.82) is 0 Å². The molecule has 0 aromatic carbocycles. The number of aryl methyl sites for hydroxylation is 1. The standard InChI is InChI=1S/C20H32N4O/c1-3-21-19(23-15-12-20(16-23)10-7-11-20)22-13-4-5-14-24-17(2)8-6-9-18(24)25/h6,8-9H,3-5,7,10-16H2,1-2H3,(H,21,22). The lowest BCUT2D eigenvalue weighted by molar-refractivity contribution is 0.151. The highest BCUT2D eigenvalue weighted by Gasteiger charge is 2.43. The van der Waals surface area contributed by atoms with Gasteiger partial charge < -0.3 is 14.8 Å². The first kappa shape index (κ1) is 18.0. The van der Waals surface area contributed by atoms with E-state index in [2.05, 4.69) is 17.1 Å². The Balaban J connectivity index is 1.48. The summed E-state index contributed by atoms with van der Waals surface area (Å²) in [5.41, 5.74) is 1.73. The van der Waals surface area contributed by atoms with Gasteiger partial charge in [0.15, 0.2) is 5.96 Å². The number of rotatable bonds is 6. The third-order valence-corrected chi connectivity index (χ3v) is 5.81. The van der Waals surface area contributed by atoms with Gasteiger partial charge >= 0.3 is 0 Å². The van der Waals surface area contributed by atoms with Gasteiger partial charge in [0.05, 0.1) is 0 Å². The molecule has 1 saturated carbocycles. The van der Waals surface area contributed by atoms with Crippen LogP contribution in [0.5, 0.6) is 0 Å². The summed E-state index contributed by atoms with van der Waals surface area (Å²) >= 11 is 0. The zero-order valence-electron chi connectivity index (χ0n) is 15.8. The highest BCUT2D eigenvalue weighted by molar-refractivity contribution is 5.80. The molecule has 1 saturated heterocycles. The molecule has 1 aromatic rings. The topological polar surface area (TPSA) is 49.6 Å². The number of nitrogens with zero attached hydrogens (tertiary/aromatic N) is 3. The molecule has 2 heterocycles. The van der Waals surface area contributed by atoms with Gasteiger partial charge in [0.25, 0.3) is 5.56 Å². The van der Waals surface area contributed by atoms with E-state index in [-0.39, 0.29) is 5.56 Å². The van der Waals surface area contributed by atoms with Crippen LogP contribution in [0.25, 0.3) is 0 Å². The number of nitrogens with one attached hydrogen (secondary N) is 1. The van der Waals surface area contributed by atoms with E-state index in [0.717, 1.165) is 50.7 Å². The molecule has 0 atom stereocenters. The Morgan fingerprint density at radius 2 is 2.12 bits per heavy atom. The molecule has 2 aliphatic rings. The molecule has 0 amide bonds. The Morgan fingerprint density at radius 3 is 2.76 bits per heavy atom. The monoisotopic (exact) mass is 344 g/mol. The molecule has 1 aliphatic carbocycles. The molecular formula is C20H32N4O. The van der Waals surface area contributed by atoms with Crippen LogP contribution in [0.15, 0.2) is 28.0 Å². The minimum atomic E-state index is 0.0969. The summed E-state index contributed by atoms with van der Waals surface area (Å²) in [6.07, 6.45) is 7.52. The number of pyridine rings is 1. The third-order valence-electron chi connectivity index (χ3n) is 5.81. The predicted octanol–water partition coefficient (Wildman–Crippen LogP) is 2.78. The first-order chi connectivity index (χ1) is 12.1. The van der Waals surface area contributed by atoms with Crippen LogP contribution < -0.4 is 10.9 Å². The van der Waals surface area contributed by atoms with E-state index >= 15 is 0 Å². The quantitative estimate of drug-likeness (QED) is 0.490. The zero-order valence-corrected chi connectivity index (χ0v) is 15.8. The highest BCUT2D eigenvalue weighted by atomic mass is 16.1. The first-order valence-electron chi connectivity index (χ1n) is 9.83. The van der Waals surface area contributed by atoms with Crippen LogP contribution in [0.3, 0.4) is 0 Å². The second-order valence-electron chi connectivity index (χ2n) is 7.62. The smallest absolute Gasteiger partial charge is 0.250 e. The molecule has 138 valence electrons. The number of guanidine groups is 1. The fourth-order valence-electron chi connectivity index (χ4n) is 4.10. The molecule has 1 aliphatic heterocycles. The molecule has 1 N–H and O–H groups in total. The van der Waals surface area contributed by atoms with Gasteiger partial charge in [-0.25, -0.2) is 0 Å². The Morgan fingerprint density at radius 1 is 1.28 bits per heavy atom. The SMILES string of the molecule is CCNC(=NCCCCn1c(C)cccc1=O)N1CCC2(CCC2)C1. The Hall–Kier alpha value is -1.78. The molecule has 2 fully saturated rings. The van der Waals surface area contributed by atoms with Crippen molar-refractivity contribution in [3.63, 3.8) is 0 Å². The van der Waals surface area contributed by atoms with E-state index in [4.69, 9.17) is 4.99 Å². The second-order valence-corrected chi connectivity index (χ2v) is 7.62. The maximum atomic E-state index is 11.9. The third kappa shape index (κ3) is 4.25. The number of aromatic nitrogens is 1. The van der Waals surface area contributed by atoms with Crippen LogP contribution in [0.4, 0.5) is 0 Å². The lowest BCUT2D eigenvalue weighted by Crippen LogP contribution is -2.42. The van der Waals surface area contributed by atoms with Crippen LogP contribution in [0.2, 0.25) is 0 Å². The average molecular weight is 345 g/mol. The fourth-order valence-corrected chi connectivity index (χ4v) is 4.10. The number of likely N-dealkylation sites (tertiary alicyclic amines) is 1. The van der Waals surface area contributed by atoms with Crippen molar-refractivity contribution >= 4 is 5.96 Å². The van der Waals surface area contributed by atoms with E-state index in [9.17, 15) is 4.79 Å². The molecule has 1 spiro atoms. The number of hydrogen-bond acceptors (Lipinski definition) is 2. The van der Waals surface area contributed by atoms with E-state index in [1.165, 1.54) is 32.2 Å². The predicted molar refractivity (Wildman–Crippen MR) is 103 cm³/mol. The van der Waals surface area contributed by atoms with E-state index in [1.807, 2.05) is 23.6 Å². The molecule has 5 heteroatoms. The lowest BCUT2D eigenvalue weighted by Gasteiger charge is -2.38. The largest absolute Gasteiger partial charge is 0.357 e. The van der Waals surface area contributed by atoms with Gasteiger partial charge in [0.1, 0.15) is 0 Å². The highest BCUT2D eigenvalue weighted by Crippen LogP contribution is 2.47. The van der Waals surface area contributed by atoms with Crippen molar-refractivity contribution in [2.75, 3.05) is 26.2 Å². The van der Waals surface area contributed by atoms with Gasteiger partial charge in [-0.1, -0.05) is 12.5 Å². The zero-order chi connectivity index (χ0) is 17.7. The second kappa shape index (κ2) is 8.07. The van der Waals surface area contributed by atoms with Crippen LogP contribution >= 0.6 is 0 Å². The van der Waals surface area contributed by atoms with E-state index in [0.29, 0.717) is 5.41 Å². The van der Waals surface area contributed by atoms with Crippen LogP contribution in [0.1, 0.15) is 51.1 Å². The van der Waals surface area contributed by atoms with Gasteiger partial charge in [-0.05, 0) is 57.4 Å². The minimum absolute atomic E-state index is 0.0969. The fraction of sp³-hybridized carbons (Fsp3) is 0.700. The molecule has 1 aromatic heterocycles. The molecule has 25 heavy (non-hydrogen) atoms. The first-order valence-corrected chi connectivity index (χ1v) is 9.83. The summed E-state index contributed by atoms with van der Waals surface area (Å²) in [6, 6.07) is 5.46. The molecule has 0 unspecified atom stereocenters. The summed E-state index contributed by atoms with van der Waals surface area (Å²) in [5.74, 6) is 1.08. The molecule has 0 radical (unpaired) electrons. The van der Waals surface area contributed by atoms with E-state index < -0.39 is 0 Å². The number of unbranched alkanes of at least 4 members (excludes halogenated alkanes) is 1. The Kier molecular flexibility index (Phi) is 5.82. The average Bonchev–Trinajstić information content (AvgIpc) is 3.02.